The van der Waals surface area contributed by atoms with E-state index in [9.17, 15) is 5.11 Å². The van der Waals surface area contributed by atoms with Gasteiger partial charge in [0.05, 0.1) is 0 Å². The molecule has 1 unspecified atom stereocenters. The van der Waals surface area contributed by atoms with Gasteiger partial charge in [0.2, 0.25) is 0 Å². The number of rotatable bonds is 0. The van der Waals surface area contributed by atoms with E-state index in [4.69, 9.17) is 23.2 Å². The van der Waals surface area contributed by atoms with Crippen molar-refractivity contribution in [3.63, 3.8) is 0 Å². The molecule has 3 nitrogen and oxygen atoms in total. The summed E-state index contributed by atoms with van der Waals surface area (Å²) in [6.07, 6.45) is 2.61. The van der Waals surface area contributed by atoms with Crippen LogP contribution >= 0.6 is 23.2 Å². The number of aliphatic hydroxyl groups excluding tert-OH is 1. The third-order valence-corrected chi connectivity index (χ3v) is 2.28. The zero-order chi connectivity index (χ0) is 9.42. The maximum atomic E-state index is 9.50. The summed E-state index contributed by atoms with van der Waals surface area (Å²) < 4.78 is 0. The molecule has 2 rings (SSSR count). The first-order valence-corrected chi connectivity index (χ1v) is 4.40. The maximum absolute atomic E-state index is 9.50. The molecule has 2 N–H and O–H groups in total. The molecule has 0 bridgehead atoms. The zero-order valence-electron chi connectivity index (χ0n) is 6.46. The molecule has 0 fully saturated rings. The van der Waals surface area contributed by atoms with E-state index in [-0.39, 0.29) is 5.15 Å². The molecule has 0 spiro atoms. The Morgan fingerprint density at radius 1 is 1.46 bits per heavy atom. The highest BCUT2D eigenvalue weighted by Gasteiger charge is 2.18. The van der Waals surface area contributed by atoms with Crippen LogP contribution in [0.1, 0.15) is 17.4 Å². The van der Waals surface area contributed by atoms with Crippen molar-refractivity contribution in [2.24, 2.45) is 0 Å². The third-order valence-electron chi connectivity index (χ3n) is 1.80. The topological polar surface area (TPSA) is 45.1 Å². The molecule has 13 heavy (non-hydrogen) atoms. The number of halogens is 2. The zero-order valence-corrected chi connectivity index (χ0v) is 7.97. The monoisotopic (exact) mass is 216 g/mol. The van der Waals surface area contributed by atoms with Crippen LogP contribution in [-0.4, -0.2) is 10.1 Å². The largest absolute Gasteiger partial charge is 0.369 e. The average molecular weight is 217 g/mol. The number of nitrogens with zero attached hydrogens (tertiary/aromatic N) is 1. The van der Waals surface area contributed by atoms with E-state index in [0.717, 1.165) is 5.56 Å². The van der Waals surface area contributed by atoms with Crippen LogP contribution in [0.4, 0.5) is 0 Å². The standard InChI is InChI=1S/C8H6Cl2N2O/c9-5-3-4-1-2-11-8(13)6(4)7(10)12-5/h1-3,8,11,13H. The van der Waals surface area contributed by atoms with Crippen molar-refractivity contribution in [2.45, 2.75) is 6.23 Å². The van der Waals surface area contributed by atoms with Crippen LogP contribution in [0, 0.1) is 0 Å². The van der Waals surface area contributed by atoms with Gasteiger partial charge in [-0.3, -0.25) is 0 Å². The van der Waals surface area contributed by atoms with Crippen LogP contribution in [0.5, 0.6) is 0 Å². The SMILES string of the molecule is OC1NC=Cc2cc(Cl)nc(Cl)c21. The van der Waals surface area contributed by atoms with Crippen molar-refractivity contribution in [1.29, 1.82) is 0 Å². The lowest BCUT2D eigenvalue weighted by Crippen LogP contribution is -2.19. The molecule has 1 aliphatic rings. The fourth-order valence-electron chi connectivity index (χ4n) is 1.23. The highest BCUT2D eigenvalue weighted by Crippen LogP contribution is 2.29. The minimum atomic E-state index is -0.808. The molecular formula is C8H6Cl2N2O. The van der Waals surface area contributed by atoms with E-state index < -0.39 is 6.23 Å². The second kappa shape index (κ2) is 3.18. The summed E-state index contributed by atoms with van der Waals surface area (Å²) in [5.41, 5.74) is 1.35. The number of aliphatic hydroxyl groups is 1. The summed E-state index contributed by atoms with van der Waals surface area (Å²) in [5.74, 6) is 0. The first-order chi connectivity index (χ1) is 6.18. The van der Waals surface area contributed by atoms with Crippen molar-refractivity contribution in [3.05, 3.63) is 33.7 Å². The predicted octanol–water partition coefficient (Wildman–Crippen LogP) is 1.95. The number of fused-ring (bicyclic) bond motifs is 1. The molecule has 2 heterocycles. The minimum absolute atomic E-state index is 0.229. The van der Waals surface area contributed by atoms with Gasteiger partial charge in [0.1, 0.15) is 10.3 Å². The highest BCUT2D eigenvalue weighted by molar-refractivity contribution is 6.33. The predicted molar refractivity (Wildman–Crippen MR) is 51.4 cm³/mol. The van der Waals surface area contributed by atoms with Gasteiger partial charge < -0.3 is 10.4 Å². The van der Waals surface area contributed by atoms with Gasteiger partial charge in [0.25, 0.3) is 0 Å². The Morgan fingerprint density at radius 3 is 3.00 bits per heavy atom. The molecule has 0 amide bonds. The van der Waals surface area contributed by atoms with Crippen molar-refractivity contribution >= 4 is 29.3 Å². The fourth-order valence-corrected chi connectivity index (χ4v) is 1.78. The molecular weight excluding hydrogens is 211 g/mol. The quantitative estimate of drug-likeness (QED) is 0.653. The lowest BCUT2D eigenvalue weighted by Gasteiger charge is -2.19. The Hall–Kier alpha value is -0.770. The Balaban J connectivity index is 2.65. The molecule has 1 aromatic rings. The molecule has 1 aliphatic heterocycles. The Labute approximate surface area is 85.0 Å². The first-order valence-electron chi connectivity index (χ1n) is 3.65. The molecule has 1 atom stereocenters. The summed E-state index contributed by atoms with van der Waals surface area (Å²) in [5, 5.41) is 12.8. The van der Waals surface area contributed by atoms with E-state index in [1.165, 1.54) is 0 Å². The highest BCUT2D eigenvalue weighted by atomic mass is 35.5. The normalized spacial score (nSPS) is 19.5. The van der Waals surface area contributed by atoms with Gasteiger partial charge in [-0.2, -0.15) is 0 Å². The smallest absolute Gasteiger partial charge is 0.153 e. The number of aromatic nitrogens is 1. The van der Waals surface area contributed by atoms with Gasteiger partial charge in [0.15, 0.2) is 6.23 Å². The maximum Gasteiger partial charge on any atom is 0.153 e. The van der Waals surface area contributed by atoms with E-state index in [1.807, 2.05) is 0 Å². The molecule has 0 radical (unpaired) electrons. The molecule has 68 valence electrons. The van der Waals surface area contributed by atoms with Crippen molar-refractivity contribution in [3.8, 4) is 0 Å². The van der Waals surface area contributed by atoms with Crippen LogP contribution in [0.2, 0.25) is 10.3 Å². The molecule has 0 saturated carbocycles. The number of hydrogen-bond donors (Lipinski definition) is 2. The van der Waals surface area contributed by atoms with Crippen LogP contribution in [0.25, 0.3) is 6.08 Å². The summed E-state index contributed by atoms with van der Waals surface area (Å²) >= 11 is 11.5. The van der Waals surface area contributed by atoms with Crippen molar-refractivity contribution < 1.29 is 5.11 Å². The van der Waals surface area contributed by atoms with E-state index in [0.29, 0.717) is 10.7 Å². The number of hydrogen-bond acceptors (Lipinski definition) is 3. The van der Waals surface area contributed by atoms with Crippen molar-refractivity contribution in [1.82, 2.24) is 10.3 Å². The molecule has 0 saturated heterocycles. The van der Waals surface area contributed by atoms with Crippen molar-refractivity contribution in [2.75, 3.05) is 0 Å². The summed E-state index contributed by atoms with van der Waals surface area (Å²) in [6, 6.07) is 1.66. The molecule has 1 aromatic heterocycles. The molecule has 0 aliphatic carbocycles. The van der Waals surface area contributed by atoms with Gasteiger partial charge in [-0.15, -0.1) is 0 Å². The summed E-state index contributed by atoms with van der Waals surface area (Å²) in [4.78, 5) is 3.83. The lowest BCUT2D eigenvalue weighted by atomic mass is 10.1. The van der Waals surface area contributed by atoms with Gasteiger partial charge in [0, 0.05) is 5.56 Å². The number of pyridine rings is 1. The molecule has 5 heteroatoms. The van der Waals surface area contributed by atoms with E-state index >= 15 is 0 Å². The summed E-state index contributed by atoms with van der Waals surface area (Å²) in [6.45, 7) is 0. The second-order valence-corrected chi connectivity index (χ2v) is 3.39. The Kier molecular flexibility index (Phi) is 2.15. The van der Waals surface area contributed by atoms with Crippen LogP contribution in [0.15, 0.2) is 12.3 Å². The average Bonchev–Trinajstić information content (AvgIpc) is 2.02. The minimum Gasteiger partial charge on any atom is -0.369 e. The van der Waals surface area contributed by atoms with E-state index in [2.05, 4.69) is 10.3 Å². The molecule has 0 aromatic carbocycles. The van der Waals surface area contributed by atoms with Gasteiger partial charge in [-0.25, -0.2) is 4.98 Å². The Bertz CT molecular complexity index is 379. The second-order valence-electron chi connectivity index (χ2n) is 2.64. The van der Waals surface area contributed by atoms with E-state index in [1.54, 1.807) is 18.3 Å². The van der Waals surface area contributed by atoms with Crippen LogP contribution < -0.4 is 5.32 Å². The van der Waals surface area contributed by atoms with Crippen LogP contribution in [-0.2, 0) is 0 Å². The summed E-state index contributed by atoms with van der Waals surface area (Å²) in [7, 11) is 0. The third kappa shape index (κ3) is 1.50. The number of nitrogens with one attached hydrogen (secondary N) is 1. The fraction of sp³-hybridized carbons (Fsp3) is 0.125. The Morgan fingerprint density at radius 2 is 2.23 bits per heavy atom. The van der Waals surface area contributed by atoms with Gasteiger partial charge in [-0.1, -0.05) is 23.2 Å². The lowest BCUT2D eigenvalue weighted by molar-refractivity contribution is 0.154. The first kappa shape index (κ1) is 8.81. The van der Waals surface area contributed by atoms with Crippen LogP contribution in [0.3, 0.4) is 0 Å². The van der Waals surface area contributed by atoms with Gasteiger partial charge >= 0.3 is 0 Å². The van der Waals surface area contributed by atoms with Gasteiger partial charge in [-0.05, 0) is 23.9 Å².